The van der Waals surface area contributed by atoms with Gasteiger partial charge in [-0.15, -0.1) is 24.0 Å². The van der Waals surface area contributed by atoms with Crippen LogP contribution in [-0.4, -0.2) is 4.98 Å². The quantitative estimate of drug-likeness (QED) is 0.750. The summed E-state index contributed by atoms with van der Waals surface area (Å²) in [6.07, 6.45) is 1.81. The molecule has 0 aliphatic rings. The standard InChI is InChI=1S/C9H7N.HI.H3N/c1-2-6-9-8(4-1)5-3-7-10-9;;/h1-7H;1H;1H3. The number of hydrogen-bond donors (Lipinski definition) is 1. The van der Waals surface area contributed by atoms with Crippen molar-refractivity contribution in [2.75, 3.05) is 0 Å². The van der Waals surface area contributed by atoms with Gasteiger partial charge in [0.15, 0.2) is 0 Å². The summed E-state index contributed by atoms with van der Waals surface area (Å²) >= 11 is 0. The van der Waals surface area contributed by atoms with Crippen LogP contribution < -0.4 is 6.15 Å². The van der Waals surface area contributed by atoms with Crippen molar-refractivity contribution in [1.29, 1.82) is 0 Å². The van der Waals surface area contributed by atoms with Crippen molar-refractivity contribution in [2.45, 2.75) is 0 Å². The van der Waals surface area contributed by atoms with Gasteiger partial charge in [0.05, 0.1) is 5.52 Å². The fraction of sp³-hybridized carbons (Fsp3) is 0. The zero-order chi connectivity index (χ0) is 6.81. The Hall–Kier alpha value is -0.680. The van der Waals surface area contributed by atoms with Crippen LogP contribution in [0.1, 0.15) is 0 Å². The Kier molecular flexibility index (Phi) is 4.77. The van der Waals surface area contributed by atoms with E-state index < -0.39 is 0 Å². The number of pyridine rings is 1. The molecule has 2 nitrogen and oxygen atoms in total. The molecule has 0 fully saturated rings. The molecule has 3 heteroatoms. The highest BCUT2D eigenvalue weighted by Gasteiger charge is 1.86. The monoisotopic (exact) mass is 274 g/mol. The summed E-state index contributed by atoms with van der Waals surface area (Å²) in [6.45, 7) is 0. The molecular formula is C9H11IN2. The molecule has 12 heavy (non-hydrogen) atoms. The average Bonchev–Trinajstić information content (AvgIpc) is 2.05. The Labute approximate surface area is 88.6 Å². The minimum absolute atomic E-state index is 0. The Morgan fingerprint density at radius 1 is 0.917 bits per heavy atom. The first-order valence-corrected chi connectivity index (χ1v) is 3.26. The van der Waals surface area contributed by atoms with Crippen molar-refractivity contribution in [3.63, 3.8) is 0 Å². The maximum absolute atomic E-state index is 4.18. The van der Waals surface area contributed by atoms with Crippen molar-refractivity contribution in [2.24, 2.45) is 0 Å². The molecule has 1 heterocycles. The molecule has 64 valence electrons. The van der Waals surface area contributed by atoms with E-state index in [-0.39, 0.29) is 30.1 Å². The molecule has 0 atom stereocenters. The van der Waals surface area contributed by atoms with Gasteiger partial charge in [0.1, 0.15) is 0 Å². The molecule has 0 spiro atoms. The molecule has 1 aromatic heterocycles. The average molecular weight is 274 g/mol. The van der Waals surface area contributed by atoms with Crippen LogP contribution in [0.3, 0.4) is 0 Å². The zero-order valence-corrected chi connectivity index (χ0v) is 8.93. The first kappa shape index (κ1) is 11.3. The van der Waals surface area contributed by atoms with Crippen molar-refractivity contribution in [1.82, 2.24) is 11.1 Å². The number of para-hydroxylation sites is 1. The van der Waals surface area contributed by atoms with Crippen molar-refractivity contribution in [3.8, 4) is 0 Å². The van der Waals surface area contributed by atoms with Crippen LogP contribution in [0, 0.1) is 0 Å². The van der Waals surface area contributed by atoms with E-state index in [1.807, 2.05) is 30.5 Å². The van der Waals surface area contributed by atoms with Crippen LogP contribution in [0.2, 0.25) is 0 Å². The van der Waals surface area contributed by atoms with E-state index in [0.717, 1.165) is 5.52 Å². The second-order valence-corrected chi connectivity index (χ2v) is 2.20. The summed E-state index contributed by atoms with van der Waals surface area (Å²) in [5.74, 6) is 0. The molecule has 0 saturated carbocycles. The van der Waals surface area contributed by atoms with Gasteiger partial charge in [-0.25, -0.2) is 0 Å². The van der Waals surface area contributed by atoms with Gasteiger partial charge in [-0.2, -0.15) is 0 Å². The highest BCUT2D eigenvalue weighted by atomic mass is 127. The molecule has 1 aromatic carbocycles. The molecule has 0 bridgehead atoms. The van der Waals surface area contributed by atoms with Gasteiger partial charge in [-0.3, -0.25) is 4.98 Å². The minimum Gasteiger partial charge on any atom is -0.344 e. The molecule has 3 N–H and O–H groups in total. The smallest absolute Gasteiger partial charge is 0.0701 e. The third-order valence-electron chi connectivity index (χ3n) is 1.51. The largest absolute Gasteiger partial charge is 0.344 e. The van der Waals surface area contributed by atoms with Crippen LogP contribution in [-0.2, 0) is 0 Å². The highest BCUT2D eigenvalue weighted by molar-refractivity contribution is 14.0. The molecule has 2 rings (SSSR count). The lowest BCUT2D eigenvalue weighted by atomic mass is 10.2. The highest BCUT2D eigenvalue weighted by Crippen LogP contribution is 2.07. The summed E-state index contributed by atoms with van der Waals surface area (Å²) < 4.78 is 0. The van der Waals surface area contributed by atoms with Gasteiger partial charge in [-0.05, 0) is 12.1 Å². The third kappa shape index (κ3) is 2.15. The van der Waals surface area contributed by atoms with Gasteiger partial charge in [0, 0.05) is 11.6 Å². The van der Waals surface area contributed by atoms with Crippen LogP contribution in [0.4, 0.5) is 0 Å². The Bertz CT molecular complexity index is 284. The number of halogens is 1. The van der Waals surface area contributed by atoms with Gasteiger partial charge in [0.25, 0.3) is 0 Å². The van der Waals surface area contributed by atoms with E-state index >= 15 is 0 Å². The summed E-state index contributed by atoms with van der Waals surface area (Å²) in [7, 11) is 0. The third-order valence-corrected chi connectivity index (χ3v) is 1.51. The Morgan fingerprint density at radius 3 is 2.33 bits per heavy atom. The van der Waals surface area contributed by atoms with E-state index in [4.69, 9.17) is 0 Å². The summed E-state index contributed by atoms with van der Waals surface area (Å²) in [5.41, 5.74) is 1.06. The topological polar surface area (TPSA) is 47.9 Å². The molecule has 0 saturated heterocycles. The predicted molar refractivity (Wildman–Crippen MR) is 62.2 cm³/mol. The van der Waals surface area contributed by atoms with E-state index in [1.54, 1.807) is 0 Å². The fourth-order valence-electron chi connectivity index (χ4n) is 1.02. The summed E-state index contributed by atoms with van der Waals surface area (Å²) in [6, 6.07) is 12.1. The molecule has 0 aliphatic heterocycles. The van der Waals surface area contributed by atoms with E-state index in [2.05, 4.69) is 17.1 Å². The second-order valence-electron chi connectivity index (χ2n) is 2.20. The number of nitrogens with zero attached hydrogens (tertiary/aromatic N) is 1. The number of benzene rings is 1. The molecular weight excluding hydrogens is 263 g/mol. The molecule has 0 amide bonds. The lowest BCUT2D eigenvalue weighted by Gasteiger charge is -1.91. The molecule has 0 radical (unpaired) electrons. The lowest BCUT2D eigenvalue weighted by Crippen LogP contribution is -1.73. The maximum atomic E-state index is 4.18. The van der Waals surface area contributed by atoms with Gasteiger partial charge in [0.2, 0.25) is 0 Å². The summed E-state index contributed by atoms with van der Waals surface area (Å²) in [5, 5.41) is 1.20. The number of fused-ring (bicyclic) bond motifs is 1. The van der Waals surface area contributed by atoms with Gasteiger partial charge < -0.3 is 6.15 Å². The van der Waals surface area contributed by atoms with Crippen LogP contribution in [0.15, 0.2) is 42.6 Å². The Balaban J connectivity index is 0.000000605. The van der Waals surface area contributed by atoms with E-state index in [9.17, 15) is 0 Å². The van der Waals surface area contributed by atoms with Gasteiger partial charge >= 0.3 is 0 Å². The fourth-order valence-corrected chi connectivity index (χ4v) is 1.02. The zero-order valence-electron chi connectivity index (χ0n) is 6.60. The number of aromatic nitrogens is 1. The number of rotatable bonds is 0. The minimum atomic E-state index is 0. The van der Waals surface area contributed by atoms with E-state index in [1.165, 1.54) is 5.39 Å². The van der Waals surface area contributed by atoms with Crippen molar-refractivity contribution < 1.29 is 0 Å². The first-order chi connectivity index (χ1) is 4.97. The van der Waals surface area contributed by atoms with Gasteiger partial charge in [-0.1, -0.05) is 24.3 Å². The number of hydrogen-bond acceptors (Lipinski definition) is 2. The van der Waals surface area contributed by atoms with Crippen LogP contribution in [0.5, 0.6) is 0 Å². The predicted octanol–water partition coefficient (Wildman–Crippen LogP) is 3.01. The maximum Gasteiger partial charge on any atom is 0.0701 e. The molecule has 2 aromatic rings. The molecule has 0 unspecified atom stereocenters. The lowest BCUT2D eigenvalue weighted by molar-refractivity contribution is 1.41. The van der Waals surface area contributed by atoms with Crippen molar-refractivity contribution >= 4 is 34.9 Å². The Morgan fingerprint density at radius 2 is 1.58 bits per heavy atom. The first-order valence-electron chi connectivity index (χ1n) is 3.26. The van der Waals surface area contributed by atoms with Crippen LogP contribution in [0.25, 0.3) is 10.9 Å². The van der Waals surface area contributed by atoms with Crippen molar-refractivity contribution in [3.05, 3.63) is 42.6 Å². The SMILES string of the molecule is I.N.c1ccc2ncccc2c1. The molecule has 0 aliphatic carbocycles. The normalized spacial score (nSPS) is 8.33. The van der Waals surface area contributed by atoms with E-state index in [0.29, 0.717) is 0 Å². The summed E-state index contributed by atoms with van der Waals surface area (Å²) in [4.78, 5) is 4.18. The second kappa shape index (κ2) is 5.05. The van der Waals surface area contributed by atoms with Crippen LogP contribution >= 0.6 is 24.0 Å².